The number of aliphatic hydroxyl groups is 4. The smallest absolute Gasteiger partial charge is 0.311 e. The van der Waals surface area contributed by atoms with Gasteiger partial charge in [0.15, 0.2) is 22.4 Å². The summed E-state index contributed by atoms with van der Waals surface area (Å²) >= 11 is 0. The summed E-state index contributed by atoms with van der Waals surface area (Å²) in [7, 11) is 2.22. The second kappa shape index (κ2) is 24.8. The maximum absolute atomic E-state index is 14.5. The number of cyclic esters (lactones) is 1. The lowest BCUT2D eigenvalue weighted by atomic mass is 9.77. The van der Waals surface area contributed by atoms with Gasteiger partial charge in [-0.1, -0.05) is 38.1 Å². The Labute approximate surface area is 423 Å². The summed E-state index contributed by atoms with van der Waals surface area (Å²) in [4.78, 5) is 19.0. The molecule has 0 spiro atoms. The highest BCUT2D eigenvalue weighted by Crippen LogP contribution is 2.40. The number of benzene rings is 1. The molecule has 20 heteroatoms. The van der Waals surface area contributed by atoms with E-state index in [1.807, 2.05) is 62.7 Å². The Bertz CT molecular complexity index is 2100. The van der Waals surface area contributed by atoms with Crippen LogP contribution in [0.5, 0.6) is 0 Å². The molecule has 3 fully saturated rings. The van der Waals surface area contributed by atoms with E-state index in [1.165, 1.54) is 20.3 Å². The van der Waals surface area contributed by atoms with Gasteiger partial charge in [0, 0.05) is 83.0 Å². The zero-order valence-corrected chi connectivity index (χ0v) is 45.7. The second-order valence-corrected chi connectivity index (χ2v) is 23.9. The van der Waals surface area contributed by atoms with Crippen LogP contribution in [0.25, 0.3) is 0 Å². The Kier molecular flexibility index (Phi) is 20.6. The van der Waals surface area contributed by atoms with Crippen molar-refractivity contribution in [1.29, 1.82) is 0 Å². The minimum atomic E-state index is -3.24. The molecule has 0 bridgehead atoms. The van der Waals surface area contributed by atoms with E-state index in [-0.39, 0.29) is 37.3 Å². The highest BCUT2D eigenvalue weighted by molar-refractivity contribution is 7.90. The Morgan fingerprint density at radius 2 is 1.63 bits per heavy atom. The number of rotatable bonds is 16. The van der Waals surface area contributed by atoms with Crippen molar-refractivity contribution < 1.29 is 62.1 Å². The van der Waals surface area contributed by atoms with Crippen LogP contribution in [0.3, 0.4) is 0 Å². The van der Waals surface area contributed by atoms with Crippen LogP contribution in [0.2, 0.25) is 0 Å². The molecule has 19 nitrogen and oxygen atoms in total. The first kappa shape index (κ1) is 59.2. The highest BCUT2D eigenvalue weighted by Gasteiger charge is 2.52. The summed E-state index contributed by atoms with van der Waals surface area (Å²) in [6, 6.07) is 6.36. The number of aliphatic hydroxyl groups excluding tert-OH is 2. The van der Waals surface area contributed by atoms with Crippen molar-refractivity contribution in [3.8, 4) is 0 Å². The van der Waals surface area contributed by atoms with Gasteiger partial charge in [-0.25, -0.2) is 8.42 Å². The quantitative estimate of drug-likeness (QED) is 0.120. The molecule has 1 aromatic carbocycles. The topological polar surface area (TPSA) is 237 Å². The number of sulfone groups is 1. The van der Waals surface area contributed by atoms with E-state index in [0.29, 0.717) is 50.5 Å². The van der Waals surface area contributed by atoms with Gasteiger partial charge in [0.1, 0.15) is 23.9 Å². The van der Waals surface area contributed by atoms with E-state index in [0.717, 1.165) is 17.7 Å². The van der Waals surface area contributed by atoms with Gasteiger partial charge in [-0.15, -0.1) is 5.10 Å². The van der Waals surface area contributed by atoms with E-state index >= 15 is 0 Å². The minimum Gasteiger partial charge on any atom is -0.459 e. The Hall–Kier alpha value is -2.70. The normalized spacial score (nSPS) is 38.7. The van der Waals surface area contributed by atoms with Crippen LogP contribution in [0.15, 0.2) is 35.4 Å². The number of carbonyl (C=O) groups excluding carboxylic acids is 1. The number of ether oxygens (including phenoxy) is 6. The summed E-state index contributed by atoms with van der Waals surface area (Å²) < 4.78 is 64.0. The fourth-order valence-corrected chi connectivity index (χ4v) is 11.6. The molecule has 71 heavy (non-hydrogen) atoms. The van der Waals surface area contributed by atoms with Crippen LogP contribution in [-0.4, -0.2) is 191 Å². The number of hydrogen-bond acceptors (Lipinski definition) is 18. The summed E-state index contributed by atoms with van der Waals surface area (Å²) in [5.74, 6) is -2.49. The summed E-state index contributed by atoms with van der Waals surface area (Å²) in [6.45, 7) is 21.0. The summed E-state index contributed by atoms with van der Waals surface area (Å²) in [5.41, 5.74) is -2.51. The molecule has 0 amide bonds. The van der Waals surface area contributed by atoms with Gasteiger partial charge < -0.3 is 64.0 Å². The van der Waals surface area contributed by atoms with Gasteiger partial charge in [0.05, 0.1) is 58.7 Å². The lowest BCUT2D eigenvalue weighted by Gasteiger charge is -2.48. The van der Waals surface area contributed by atoms with Crippen LogP contribution in [-0.2, 0) is 62.6 Å². The highest BCUT2D eigenvalue weighted by atomic mass is 32.2. The number of aromatic nitrogens is 3. The molecule has 2 aromatic rings. The third kappa shape index (κ3) is 15.2. The van der Waals surface area contributed by atoms with Crippen molar-refractivity contribution >= 4 is 15.8 Å². The Balaban J connectivity index is 1.34. The third-order valence-electron chi connectivity index (χ3n) is 15.5. The van der Waals surface area contributed by atoms with Crippen molar-refractivity contribution in [3.63, 3.8) is 0 Å². The molecular formula is C51H88N6O13S. The van der Waals surface area contributed by atoms with Gasteiger partial charge >= 0.3 is 5.97 Å². The van der Waals surface area contributed by atoms with Gasteiger partial charge in [0.25, 0.3) is 0 Å². The number of likely N-dealkylation sites (N-methyl/N-ethyl adjacent to an activating group) is 2. The number of methoxy groups -OCH3 is 1. The predicted octanol–water partition coefficient (Wildman–Crippen LogP) is 3.33. The SMILES string of the molecule is CC[C@H]1OC(=O)[C@H](C)[C@@H](O[C@H]2C[C@@](C)(OC)[C@@H](O)[C@H](C)O2)[C@H](C)[C@@H](O[C@H]2C[C@@H](N(C)CCc3cn(CCNCc4ccc(S(C)(=O)=O)cc4)nn3)C[C@@H](C)O2)[C@](C)(O)C[C@@H](C)CN(C)[C@H](C)[C@@H](O)[C@]1(C)O. The van der Waals surface area contributed by atoms with Crippen molar-refractivity contribution in [1.82, 2.24) is 30.1 Å². The molecule has 0 unspecified atom stereocenters. The fourth-order valence-electron chi connectivity index (χ4n) is 10.9. The third-order valence-corrected chi connectivity index (χ3v) is 16.7. The molecule has 5 rings (SSSR count). The van der Waals surface area contributed by atoms with E-state index in [9.17, 15) is 33.6 Å². The maximum Gasteiger partial charge on any atom is 0.311 e. The van der Waals surface area contributed by atoms with Crippen LogP contribution in [0, 0.1) is 17.8 Å². The first-order valence-electron chi connectivity index (χ1n) is 25.6. The predicted molar refractivity (Wildman–Crippen MR) is 267 cm³/mol. The fraction of sp³-hybridized carbons (Fsp3) is 0.824. The zero-order valence-electron chi connectivity index (χ0n) is 44.9. The average molecular weight is 1030 g/mol. The van der Waals surface area contributed by atoms with E-state index in [1.54, 1.807) is 46.8 Å². The number of nitrogens with zero attached hydrogens (tertiary/aromatic N) is 5. The van der Waals surface area contributed by atoms with Crippen molar-refractivity contribution in [2.24, 2.45) is 17.8 Å². The van der Waals surface area contributed by atoms with E-state index in [4.69, 9.17) is 28.4 Å². The summed E-state index contributed by atoms with van der Waals surface area (Å²) in [6.07, 6.45) is -2.13. The lowest BCUT2D eigenvalue weighted by molar-refractivity contribution is -0.308. The van der Waals surface area contributed by atoms with Gasteiger partial charge in [-0.05, 0) is 105 Å². The molecule has 3 saturated heterocycles. The second-order valence-electron chi connectivity index (χ2n) is 21.9. The van der Waals surface area contributed by atoms with Crippen molar-refractivity contribution in [2.45, 2.75) is 210 Å². The number of hydrogen-bond donors (Lipinski definition) is 5. The van der Waals surface area contributed by atoms with Crippen molar-refractivity contribution in [3.05, 3.63) is 41.7 Å². The van der Waals surface area contributed by atoms with Crippen LogP contribution < -0.4 is 5.32 Å². The molecular weight excluding hydrogens is 937 g/mol. The molecule has 3 aliphatic rings. The van der Waals surface area contributed by atoms with Gasteiger partial charge in [-0.2, -0.15) is 0 Å². The molecule has 17 atom stereocenters. The van der Waals surface area contributed by atoms with E-state index < -0.39 is 99.7 Å². The van der Waals surface area contributed by atoms with Crippen LogP contribution in [0.1, 0.15) is 113 Å². The minimum absolute atomic E-state index is 0.0486. The Morgan fingerprint density at radius 3 is 2.27 bits per heavy atom. The largest absolute Gasteiger partial charge is 0.459 e. The lowest BCUT2D eigenvalue weighted by Crippen LogP contribution is -2.59. The molecule has 0 saturated carbocycles. The molecule has 0 radical (unpaired) electrons. The molecule has 1 aromatic heterocycles. The number of esters is 1. The zero-order chi connectivity index (χ0) is 52.8. The molecule has 4 heterocycles. The van der Waals surface area contributed by atoms with Crippen LogP contribution in [0.4, 0.5) is 0 Å². The number of nitrogens with one attached hydrogen (secondary N) is 1. The molecule has 0 aliphatic carbocycles. The molecule has 406 valence electrons. The maximum atomic E-state index is 14.5. The standard InChI is InChI=1S/C51H88N6O13S/c1-15-41-51(10,62)45(58)35(6)56(12)29-31(2)26-49(8,61)47(33(4)44(34(5)48(60)68-41)69-43-27-50(9,65-13)46(59)36(7)67-43)70-42-25-39(24-32(3)66-42)55(11)22-20-38-30-57(54-53-38)23-21-52-28-37-16-18-40(19-17-37)71(14,63)64/h16-19,30-36,39,41-47,52,58-59,61-62H,15,20-29H2,1-14H3/t31-,32-,33+,34-,35-,36+,39+,41-,42+,43+,44+,45-,46+,47-,49-,50-,51-/m1/s1. The Morgan fingerprint density at radius 1 is 0.958 bits per heavy atom. The molecule has 5 N–H and O–H groups in total. The molecule has 3 aliphatic heterocycles. The first-order valence-corrected chi connectivity index (χ1v) is 27.5. The average Bonchev–Trinajstić information content (AvgIpc) is 3.76. The van der Waals surface area contributed by atoms with Crippen LogP contribution >= 0.6 is 0 Å². The summed E-state index contributed by atoms with van der Waals surface area (Å²) in [5, 5.41) is 59.6. The van der Waals surface area contributed by atoms with Crippen molar-refractivity contribution in [2.75, 3.05) is 47.1 Å². The monoisotopic (exact) mass is 1020 g/mol. The van der Waals surface area contributed by atoms with Gasteiger partial charge in [0.2, 0.25) is 0 Å². The van der Waals surface area contributed by atoms with E-state index in [2.05, 4.69) is 27.6 Å². The number of carbonyl (C=O) groups is 1. The first-order chi connectivity index (χ1) is 33.1. The van der Waals surface area contributed by atoms with Gasteiger partial charge in [-0.3, -0.25) is 9.48 Å².